The van der Waals surface area contributed by atoms with E-state index in [1.165, 1.54) is 11.3 Å². The summed E-state index contributed by atoms with van der Waals surface area (Å²) >= 11 is 1.29. The molecular weight excluding hydrogens is 472 g/mol. The SMILES string of the molecule is COc1ccc(C(=O)c2sc3nc(-c4ccccc4)cc(-c4cc(OC)ccc4OC)c3c2N)cc1. The summed E-state index contributed by atoms with van der Waals surface area (Å²) in [6.07, 6.45) is 0. The van der Waals surface area contributed by atoms with E-state index >= 15 is 0 Å². The summed E-state index contributed by atoms with van der Waals surface area (Å²) in [5, 5.41) is 0.711. The van der Waals surface area contributed by atoms with Gasteiger partial charge in [0.2, 0.25) is 5.78 Å². The Balaban J connectivity index is 1.77. The molecular formula is C29H24N2O4S. The molecule has 0 atom stereocenters. The number of nitrogen functional groups attached to an aromatic ring is 1. The number of methoxy groups -OCH3 is 3. The molecule has 2 N–H and O–H groups in total. The van der Waals surface area contributed by atoms with Crippen LogP contribution in [0.15, 0.2) is 78.9 Å². The number of rotatable bonds is 7. The Morgan fingerprint density at radius 1 is 0.806 bits per heavy atom. The smallest absolute Gasteiger partial charge is 0.205 e. The fourth-order valence-corrected chi connectivity index (χ4v) is 5.24. The van der Waals surface area contributed by atoms with Gasteiger partial charge in [0.1, 0.15) is 27.0 Å². The van der Waals surface area contributed by atoms with Gasteiger partial charge in [-0.25, -0.2) is 4.98 Å². The van der Waals surface area contributed by atoms with E-state index in [9.17, 15) is 4.79 Å². The molecule has 0 unspecified atom stereocenters. The highest BCUT2D eigenvalue weighted by atomic mass is 32.1. The molecule has 0 aliphatic carbocycles. The quantitative estimate of drug-likeness (QED) is 0.260. The van der Waals surface area contributed by atoms with Gasteiger partial charge in [0.15, 0.2) is 0 Å². The lowest BCUT2D eigenvalue weighted by atomic mass is 9.97. The second-order valence-electron chi connectivity index (χ2n) is 8.07. The van der Waals surface area contributed by atoms with E-state index in [0.717, 1.165) is 22.4 Å². The van der Waals surface area contributed by atoms with Crippen molar-refractivity contribution >= 4 is 33.0 Å². The lowest BCUT2D eigenvalue weighted by Gasteiger charge is -2.13. The third-order valence-corrected chi connectivity index (χ3v) is 7.12. The van der Waals surface area contributed by atoms with Gasteiger partial charge >= 0.3 is 0 Å². The fourth-order valence-electron chi connectivity index (χ4n) is 4.16. The number of thiophene rings is 1. The molecule has 0 saturated heterocycles. The number of nitrogens with zero attached hydrogens (tertiary/aromatic N) is 1. The van der Waals surface area contributed by atoms with Gasteiger partial charge in [-0.2, -0.15) is 0 Å². The standard InChI is InChI=1S/C29H24N2O4S/c1-33-19-11-9-18(10-12-19)27(32)28-26(30)25-22(21-15-20(34-2)13-14-24(21)35-3)16-23(31-29(25)36-28)17-7-5-4-6-8-17/h4-16H,30H2,1-3H3. The predicted octanol–water partition coefficient (Wildman–Crippen LogP) is 6.47. The van der Waals surface area contributed by atoms with Crippen molar-refractivity contribution in [3.8, 4) is 39.6 Å². The lowest BCUT2D eigenvalue weighted by Crippen LogP contribution is -2.02. The number of carbonyl (C=O) groups is 1. The van der Waals surface area contributed by atoms with E-state index in [1.54, 1.807) is 45.6 Å². The molecule has 6 nitrogen and oxygen atoms in total. The van der Waals surface area contributed by atoms with E-state index in [-0.39, 0.29) is 5.78 Å². The van der Waals surface area contributed by atoms with Crippen molar-refractivity contribution in [3.63, 3.8) is 0 Å². The first-order valence-electron chi connectivity index (χ1n) is 11.2. The highest BCUT2D eigenvalue weighted by molar-refractivity contribution is 7.21. The molecule has 3 aromatic carbocycles. The predicted molar refractivity (Wildman–Crippen MR) is 144 cm³/mol. The average Bonchev–Trinajstić information content (AvgIpc) is 3.28. The molecule has 0 aliphatic rings. The fraction of sp³-hybridized carbons (Fsp3) is 0.103. The third kappa shape index (κ3) is 4.14. The van der Waals surface area contributed by atoms with Crippen LogP contribution >= 0.6 is 11.3 Å². The van der Waals surface area contributed by atoms with E-state index in [0.29, 0.717) is 43.6 Å². The Bertz CT molecular complexity index is 1560. The summed E-state index contributed by atoms with van der Waals surface area (Å²) in [7, 11) is 4.83. The van der Waals surface area contributed by atoms with Crippen LogP contribution in [0.1, 0.15) is 15.2 Å². The van der Waals surface area contributed by atoms with Gasteiger partial charge in [-0.15, -0.1) is 11.3 Å². The van der Waals surface area contributed by atoms with Gasteiger partial charge < -0.3 is 19.9 Å². The minimum atomic E-state index is -0.164. The summed E-state index contributed by atoms with van der Waals surface area (Å²) in [4.78, 5) is 19.5. The first-order chi connectivity index (χ1) is 17.5. The van der Waals surface area contributed by atoms with Crippen LogP contribution in [-0.4, -0.2) is 32.1 Å². The van der Waals surface area contributed by atoms with Crippen molar-refractivity contribution in [2.45, 2.75) is 0 Å². The number of hydrogen-bond donors (Lipinski definition) is 1. The van der Waals surface area contributed by atoms with Crippen molar-refractivity contribution < 1.29 is 19.0 Å². The zero-order valence-electron chi connectivity index (χ0n) is 20.1. The summed E-state index contributed by atoms with van der Waals surface area (Å²) < 4.78 is 16.4. The monoisotopic (exact) mass is 496 g/mol. The van der Waals surface area contributed by atoms with Gasteiger partial charge in [-0.1, -0.05) is 30.3 Å². The number of ether oxygens (including phenoxy) is 3. The number of fused-ring (bicyclic) bond motifs is 1. The van der Waals surface area contributed by atoms with Crippen molar-refractivity contribution in [1.29, 1.82) is 0 Å². The van der Waals surface area contributed by atoms with E-state index in [1.807, 2.05) is 54.6 Å². The highest BCUT2D eigenvalue weighted by Crippen LogP contribution is 2.45. The van der Waals surface area contributed by atoms with Crippen LogP contribution in [0.4, 0.5) is 5.69 Å². The molecule has 36 heavy (non-hydrogen) atoms. The molecule has 2 aromatic heterocycles. The number of aromatic nitrogens is 1. The molecule has 0 bridgehead atoms. The molecule has 0 spiro atoms. The summed E-state index contributed by atoms with van der Waals surface area (Å²) in [6, 6.07) is 24.5. The van der Waals surface area contributed by atoms with Crippen LogP contribution in [0.2, 0.25) is 0 Å². The van der Waals surface area contributed by atoms with Crippen LogP contribution in [-0.2, 0) is 0 Å². The topological polar surface area (TPSA) is 83.7 Å². The summed E-state index contributed by atoms with van der Waals surface area (Å²) in [6.45, 7) is 0. The number of anilines is 1. The Hall–Kier alpha value is -4.36. The lowest BCUT2D eigenvalue weighted by molar-refractivity contribution is 0.104. The van der Waals surface area contributed by atoms with Crippen LogP contribution in [0.5, 0.6) is 17.2 Å². The molecule has 0 amide bonds. The van der Waals surface area contributed by atoms with E-state index in [2.05, 4.69) is 0 Å². The van der Waals surface area contributed by atoms with Gasteiger partial charge in [0, 0.05) is 27.6 Å². The van der Waals surface area contributed by atoms with E-state index in [4.69, 9.17) is 24.9 Å². The second-order valence-corrected chi connectivity index (χ2v) is 9.07. The van der Waals surface area contributed by atoms with Crippen LogP contribution < -0.4 is 19.9 Å². The Morgan fingerprint density at radius 3 is 2.17 bits per heavy atom. The minimum Gasteiger partial charge on any atom is -0.497 e. The van der Waals surface area contributed by atoms with Gasteiger partial charge in [0.05, 0.1) is 32.7 Å². The molecule has 5 rings (SSSR count). The van der Waals surface area contributed by atoms with Crippen molar-refractivity contribution in [1.82, 2.24) is 4.98 Å². The molecule has 7 heteroatoms. The number of pyridine rings is 1. The van der Waals surface area contributed by atoms with Gasteiger partial charge in [0.25, 0.3) is 0 Å². The molecule has 0 saturated carbocycles. The number of ketones is 1. The normalized spacial score (nSPS) is 10.9. The van der Waals surface area contributed by atoms with Gasteiger partial charge in [-0.05, 0) is 48.5 Å². The second kappa shape index (κ2) is 9.71. The molecule has 5 aromatic rings. The Labute approximate surface area is 212 Å². The maximum Gasteiger partial charge on any atom is 0.205 e. The highest BCUT2D eigenvalue weighted by Gasteiger charge is 2.24. The first-order valence-corrected chi connectivity index (χ1v) is 12.0. The number of carbonyl (C=O) groups excluding carboxylic acids is 1. The number of hydrogen-bond acceptors (Lipinski definition) is 7. The molecule has 0 fully saturated rings. The summed E-state index contributed by atoms with van der Waals surface area (Å²) in [5.41, 5.74) is 10.9. The van der Waals surface area contributed by atoms with E-state index < -0.39 is 0 Å². The van der Waals surface area contributed by atoms with Crippen molar-refractivity contribution in [2.24, 2.45) is 0 Å². The van der Waals surface area contributed by atoms with Crippen LogP contribution in [0, 0.1) is 0 Å². The Kier molecular flexibility index (Phi) is 6.31. The molecule has 2 heterocycles. The average molecular weight is 497 g/mol. The Morgan fingerprint density at radius 2 is 1.50 bits per heavy atom. The third-order valence-electron chi connectivity index (χ3n) is 6.02. The van der Waals surface area contributed by atoms with Crippen molar-refractivity contribution in [2.75, 3.05) is 27.1 Å². The molecule has 0 aliphatic heterocycles. The van der Waals surface area contributed by atoms with Crippen LogP contribution in [0.3, 0.4) is 0 Å². The maximum atomic E-state index is 13.5. The molecule has 0 radical (unpaired) electrons. The summed E-state index contributed by atoms with van der Waals surface area (Å²) in [5.74, 6) is 1.86. The number of nitrogens with two attached hydrogens (primary N) is 1. The van der Waals surface area contributed by atoms with Crippen molar-refractivity contribution in [3.05, 3.63) is 89.3 Å². The minimum absolute atomic E-state index is 0.164. The maximum absolute atomic E-state index is 13.5. The van der Waals surface area contributed by atoms with Crippen LogP contribution in [0.25, 0.3) is 32.6 Å². The number of benzene rings is 3. The first kappa shape index (κ1) is 23.4. The zero-order valence-corrected chi connectivity index (χ0v) is 20.9. The van der Waals surface area contributed by atoms with Gasteiger partial charge in [-0.3, -0.25) is 4.79 Å². The largest absolute Gasteiger partial charge is 0.497 e. The molecule has 180 valence electrons. The zero-order chi connectivity index (χ0) is 25.2.